The molecule has 0 bridgehead atoms. The van der Waals surface area contributed by atoms with Crippen molar-refractivity contribution in [2.24, 2.45) is 0 Å². The Labute approximate surface area is 134 Å². The third-order valence-corrected chi connectivity index (χ3v) is 4.55. The first-order chi connectivity index (χ1) is 11.0. The number of hydrogen-bond donors (Lipinski definition) is 1. The van der Waals surface area contributed by atoms with Gasteiger partial charge in [0.2, 0.25) is 5.91 Å². The summed E-state index contributed by atoms with van der Waals surface area (Å²) in [5.41, 5.74) is 1.05. The van der Waals surface area contributed by atoms with Gasteiger partial charge in [0.15, 0.2) is 5.82 Å². The molecule has 1 aliphatic carbocycles. The normalized spacial score (nSPS) is 15.4. The van der Waals surface area contributed by atoms with E-state index in [1.165, 1.54) is 10.7 Å². The van der Waals surface area contributed by atoms with Crippen molar-refractivity contribution in [3.63, 3.8) is 0 Å². The van der Waals surface area contributed by atoms with Crippen LogP contribution in [0.2, 0.25) is 0 Å². The number of tetrazole rings is 1. The standard InChI is InChI=1S/C14H16FN5O2S/c1-9-2-5-11(15)12(6-9)20-13(17-18-19-20)7-23(22)8-14(21)16-10-3-4-10/h2,5-6,10H,3-4,7-8H2,1H3,(H,16,21)/t23-/m0/s1. The van der Waals surface area contributed by atoms with E-state index in [-0.39, 0.29) is 35.0 Å². The van der Waals surface area contributed by atoms with Gasteiger partial charge in [-0.1, -0.05) is 6.07 Å². The van der Waals surface area contributed by atoms with Gasteiger partial charge < -0.3 is 5.32 Å². The van der Waals surface area contributed by atoms with Crippen molar-refractivity contribution in [3.8, 4) is 5.69 Å². The van der Waals surface area contributed by atoms with Gasteiger partial charge in [-0.05, 0) is 47.9 Å². The number of benzene rings is 1. The number of aromatic nitrogens is 4. The van der Waals surface area contributed by atoms with Gasteiger partial charge >= 0.3 is 0 Å². The summed E-state index contributed by atoms with van der Waals surface area (Å²) in [4.78, 5) is 11.7. The second kappa shape index (κ2) is 6.53. The van der Waals surface area contributed by atoms with Crippen molar-refractivity contribution in [1.29, 1.82) is 0 Å². The molecular formula is C14H16FN5O2S. The lowest BCUT2D eigenvalue weighted by atomic mass is 10.2. The molecule has 0 unspecified atom stereocenters. The van der Waals surface area contributed by atoms with E-state index in [0.29, 0.717) is 0 Å². The van der Waals surface area contributed by atoms with Crippen LogP contribution >= 0.6 is 0 Å². The Kier molecular flexibility index (Phi) is 4.46. The average Bonchev–Trinajstić information content (AvgIpc) is 3.18. The topological polar surface area (TPSA) is 89.8 Å². The quantitative estimate of drug-likeness (QED) is 0.835. The number of hydrogen-bond acceptors (Lipinski definition) is 5. The van der Waals surface area contributed by atoms with Crippen molar-refractivity contribution in [2.45, 2.75) is 31.6 Å². The number of nitrogens with one attached hydrogen (secondary N) is 1. The maximum atomic E-state index is 14.0. The zero-order valence-corrected chi connectivity index (χ0v) is 13.3. The van der Waals surface area contributed by atoms with E-state index in [0.717, 1.165) is 18.4 Å². The van der Waals surface area contributed by atoms with Crippen LogP contribution in [0.25, 0.3) is 5.69 Å². The second-order valence-electron chi connectivity index (χ2n) is 5.53. The molecule has 1 aliphatic rings. The molecule has 1 amide bonds. The highest BCUT2D eigenvalue weighted by molar-refractivity contribution is 7.84. The summed E-state index contributed by atoms with van der Waals surface area (Å²) in [6.07, 6.45) is 1.95. The first kappa shape index (κ1) is 15.7. The van der Waals surface area contributed by atoms with Crippen molar-refractivity contribution >= 4 is 16.7 Å². The Bertz CT molecular complexity index is 759. The zero-order valence-electron chi connectivity index (χ0n) is 12.5. The lowest BCUT2D eigenvalue weighted by Gasteiger charge is -2.07. The lowest BCUT2D eigenvalue weighted by Crippen LogP contribution is -2.30. The number of rotatable bonds is 6. The van der Waals surface area contributed by atoms with E-state index in [1.807, 2.05) is 6.92 Å². The largest absolute Gasteiger partial charge is 0.353 e. The zero-order chi connectivity index (χ0) is 16.4. The third kappa shape index (κ3) is 3.98. The fraction of sp³-hybridized carbons (Fsp3) is 0.429. The number of halogens is 1. The van der Waals surface area contributed by atoms with E-state index in [9.17, 15) is 13.4 Å². The van der Waals surface area contributed by atoms with Crippen LogP contribution in [0.3, 0.4) is 0 Å². The Morgan fingerprint density at radius 2 is 2.26 bits per heavy atom. The Morgan fingerprint density at radius 1 is 1.48 bits per heavy atom. The van der Waals surface area contributed by atoms with Gasteiger partial charge in [-0.3, -0.25) is 9.00 Å². The molecule has 0 aliphatic heterocycles. The molecule has 3 rings (SSSR count). The summed E-state index contributed by atoms with van der Waals surface area (Å²) < 4.78 is 27.3. The van der Waals surface area contributed by atoms with Gasteiger partial charge in [0.25, 0.3) is 0 Å². The smallest absolute Gasteiger partial charge is 0.232 e. The van der Waals surface area contributed by atoms with Gasteiger partial charge in [0.05, 0.1) is 5.75 Å². The van der Waals surface area contributed by atoms with Crippen LogP contribution in [0, 0.1) is 12.7 Å². The van der Waals surface area contributed by atoms with Gasteiger partial charge in [0.1, 0.15) is 17.3 Å². The molecule has 1 atom stereocenters. The third-order valence-electron chi connectivity index (χ3n) is 3.39. The summed E-state index contributed by atoms with van der Waals surface area (Å²) in [5.74, 6) is -0.585. The maximum Gasteiger partial charge on any atom is 0.232 e. The van der Waals surface area contributed by atoms with Gasteiger partial charge in [-0.15, -0.1) is 5.10 Å². The van der Waals surface area contributed by atoms with Crippen LogP contribution in [0.1, 0.15) is 24.2 Å². The maximum absolute atomic E-state index is 14.0. The molecule has 9 heteroatoms. The molecule has 7 nitrogen and oxygen atoms in total. The van der Waals surface area contributed by atoms with Gasteiger partial charge in [0, 0.05) is 16.8 Å². The first-order valence-corrected chi connectivity index (χ1v) is 8.70. The highest BCUT2D eigenvalue weighted by Crippen LogP contribution is 2.18. The van der Waals surface area contributed by atoms with E-state index in [2.05, 4.69) is 20.8 Å². The molecule has 0 saturated heterocycles. The molecule has 2 aromatic rings. The molecule has 1 aromatic heterocycles. The van der Waals surface area contributed by atoms with Gasteiger partial charge in [-0.2, -0.15) is 4.68 Å². The molecule has 122 valence electrons. The molecule has 1 N–H and O–H groups in total. The number of amides is 1. The summed E-state index contributed by atoms with van der Waals surface area (Å²) in [7, 11) is -1.46. The molecular weight excluding hydrogens is 321 g/mol. The number of carbonyl (C=O) groups is 1. The lowest BCUT2D eigenvalue weighted by molar-refractivity contribution is -0.118. The number of nitrogens with zero attached hydrogens (tertiary/aromatic N) is 4. The molecule has 1 heterocycles. The van der Waals surface area contributed by atoms with Crippen LogP contribution < -0.4 is 5.32 Å². The average molecular weight is 337 g/mol. The van der Waals surface area contributed by atoms with Gasteiger partial charge in [-0.25, -0.2) is 4.39 Å². The fourth-order valence-corrected chi connectivity index (χ4v) is 3.05. The molecule has 1 aromatic carbocycles. The monoisotopic (exact) mass is 337 g/mol. The molecule has 23 heavy (non-hydrogen) atoms. The Hall–Kier alpha value is -2.16. The molecule has 1 saturated carbocycles. The van der Waals surface area contributed by atoms with Crippen LogP contribution in [0.4, 0.5) is 4.39 Å². The van der Waals surface area contributed by atoms with Crippen molar-refractivity contribution in [1.82, 2.24) is 25.5 Å². The van der Waals surface area contributed by atoms with E-state index >= 15 is 0 Å². The van der Waals surface area contributed by atoms with Crippen LogP contribution in [-0.4, -0.2) is 42.1 Å². The van der Waals surface area contributed by atoms with Crippen molar-refractivity contribution in [3.05, 3.63) is 35.4 Å². The van der Waals surface area contributed by atoms with Crippen LogP contribution in [0.15, 0.2) is 18.2 Å². The predicted molar refractivity (Wildman–Crippen MR) is 81.7 cm³/mol. The Balaban J connectivity index is 1.71. The highest BCUT2D eigenvalue weighted by atomic mass is 32.2. The summed E-state index contributed by atoms with van der Waals surface area (Å²) in [5, 5.41) is 13.9. The van der Waals surface area contributed by atoms with Crippen LogP contribution in [-0.2, 0) is 21.3 Å². The minimum Gasteiger partial charge on any atom is -0.353 e. The predicted octanol–water partition coefficient (Wildman–Crippen LogP) is 0.637. The molecule has 0 spiro atoms. The van der Waals surface area contributed by atoms with Crippen molar-refractivity contribution < 1.29 is 13.4 Å². The summed E-state index contributed by atoms with van der Waals surface area (Å²) in [6.45, 7) is 1.83. The van der Waals surface area contributed by atoms with E-state index in [4.69, 9.17) is 0 Å². The molecule has 0 radical (unpaired) electrons. The minimum absolute atomic E-state index is 0.0154. The van der Waals surface area contributed by atoms with Crippen molar-refractivity contribution in [2.75, 3.05) is 5.75 Å². The highest BCUT2D eigenvalue weighted by Gasteiger charge is 2.24. The summed E-state index contributed by atoms with van der Waals surface area (Å²) in [6, 6.07) is 4.81. The van der Waals surface area contributed by atoms with E-state index < -0.39 is 16.6 Å². The van der Waals surface area contributed by atoms with E-state index in [1.54, 1.807) is 12.1 Å². The summed E-state index contributed by atoms with van der Waals surface area (Å²) >= 11 is 0. The molecule has 1 fully saturated rings. The fourth-order valence-electron chi connectivity index (χ4n) is 2.11. The SMILES string of the molecule is Cc1ccc(F)c(-n2nnnc2C[S@](=O)CC(=O)NC2CC2)c1. The number of carbonyl (C=O) groups excluding carboxylic acids is 1. The second-order valence-corrected chi connectivity index (χ2v) is 6.99. The van der Waals surface area contributed by atoms with Crippen LogP contribution in [0.5, 0.6) is 0 Å². The first-order valence-electron chi connectivity index (χ1n) is 7.21. The minimum atomic E-state index is -1.46. The number of aryl methyl sites for hydroxylation is 1. The Morgan fingerprint density at radius 3 is 3.00 bits per heavy atom.